The van der Waals surface area contributed by atoms with Crippen LogP contribution in [0.2, 0.25) is 0 Å². The zero-order chi connectivity index (χ0) is 39.9. The number of anilines is 2. The number of aliphatic hydroxyl groups is 1. The van der Waals surface area contributed by atoms with Gasteiger partial charge in [0.25, 0.3) is 0 Å². The number of hydrogen-bond donors (Lipinski definition) is 1. The number of carbonyl (C=O) groups excluding carboxylic acids is 2. The van der Waals surface area contributed by atoms with Gasteiger partial charge in [-0.25, -0.2) is 0 Å². The number of esters is 2. The molecule has 0 aliphatic carbocycles. The molecule has 0 fully saturated rings. The Labute approximate surface area is 331 Å². The Bertz CT molecular complexity index is 1450. The highest BCUT2D eigenvalue weighted by Gasteiger charge is 2.09. The number of benzene rings is 4. The molecule has 0 aromatic heterocycles. The predicted octanol–water partition coefficient (Wildman–Crippen LogP) is 10.8. The Balaban J connectivity index is 0.000000324. The summed E-state index contributed by atoms with van der Waals surface area (Å²) in [5, 5.41) is 9.01. The van der Waals surface area contributed by atoms with Gasteiger partial charge in [-0.05, 0) is 67.5 Å². The van der Waals surface area contributed by atoms with E-state index in [-0.39, 0.29) is 6.61 Å². The number of carbonyl (C=O) groups is 2. The lowest BCUT2D eigenvalue weighted by atomic mass is 10.2. The van der Waals surface area contributed by atoms with E-state index in [2.05, 4.69) is 114 Å². The van der Waals surface area contributed by atoms with Crippen LogP contribution in [-0.2, 0) is 27.5 Å². The molecule has 8 nitrogen and oxygen atoms in total. The Kier molecular flexibility index (Phi) is 24.9. The number of unbranched alkanes of at least 4 members (excludes halogenated alkanes) is 5. The fourth-order valence-electron chi connectivity index (χ4n) is 5.63. The molecule has 0 amide bonds. The molecule has 0 atom stereocenters. The fourth-order valence-corrected chi connectivity index (χ4v) is 5.63. The van der Waals surface area contributed by atoms with Crippen molar-refractivity contribution >= 4 is 23.3 Å². The Hall–Kier alpha value is -4.82. The molecule has 0 unspecified atom stereocenters. The van der Waals surface area contributed by atoms with Crippen LogP contribution in [0.15, 0.2) is 109 Å². The Morgan fingerprint density at radius 2 is 0.909 bits per heavy atom. The third-order valence-corrected chi connectivity index (χ3v) is 8.58. The van der Waals surface area contributed by atoms with E-state index in [0.717, 1.165) is 50.5 Å². The molecule has 0 spiro atoms. The van der Waals surface area contributed by atoms with Crippen molar-refractivity contribution in [3.63, 3.8) is 0 Å². The van der Waals surface area contributed by atoms with Gasteiger partial charge in [-0.2, -0.15) is 0 Å². The number of aliphatic hydroxyl groups excluding tert-OH is 1. The van der Waals surface area contributed by atoms with Gasteiger partial charge in [0, 0.05) is 70.1 Å². The second-order valence-electron chi connectivity index (χ2n) is 13.4. The number of hydrogen-bond acceptors (Lipinski definition) is 8. The molecule has 4 aromatic carbocycles. The van der Waals surface area contributed by atoms with Crippen molar-refractivity contribution in [3.8, 4) is 11.5 Å². The van der Waals surface area contributed by atoms with Crippen LogP contribution in [0.3, 0.4) is 0 Å². The summed E-state index contributed by atoms with van der Waals surface area (Å²) in [6, 6.07) is 37.4. The van der Waals surface area contributed by atoms with Gasteiger partial charge in [0.1, 0.15) is 24.7 Å². The van der Waals surface area contributed by atoms with Gasteiger partial charge in [0.15, 0.2) is 0 Å². The van der Waals surface area contributed by atoms with Gasteiger partial charge >= 0.3 is 11.9 Å². The van der Waals surface area contributed by atoms with Crippen LogP contribution in [0.5, 0.6) is 11.5 Å². The van der Waals surface area contributed by atoms with Gasteiger partial charge in [-0.3, -0.25) is 9.59 Å². The summed E-state index contributed by atoms with van der Waals surface area (Å²) in [5.74, 6) is 0.730. The lowest BCUT2D eigenvalue weighted by Crippen LogP contribution is -2.25. The average molecular weight is 755 g/mol. The van der Waals surface area contributed by atoms with Gasteiger partial charge in [0.2, 0.25) is 0 Å². The lowest BCUT2D eigenvalue weighted by molar-refractivity contribution is -0.156. The largest absolute Gasteiger partial charge is 0.489 e. The third-order valence-electron chi connectivity index (χ3n) is 8.58. The standard InChI is InChI=1S/C22H31NO.C21H29NO2.C4H6O3/c1-3-5-10-17-23(16-6-4-2)21-14-11-15-22(18-21)24-19-20-12-8-7-9-13-20;1-2-3-14-22(15-7-8-16-23)20-12-9-13-21(17-20)24-18-19-10-5-4-6-11-19;1-3(5)7-4(2)6/h7-9,11-15,18H,3-6,10,16-17,19H2,1-2H3;4-6,9-13,17,23H,2-3,7-8,14-16,18H2,1H3;1-2H3. The molecule has 0 heterocycles. The van der Waals surface area contributed by atoms with Crippen molar-refractivity contribution in [3.05, 3.63) is 120 Å². The van der Waals surface area contributed by atoms with Crippen molar-refractivity contribution in [2.75, 3.05) is 42.6 Å². The quantitative estimate of drug-likeness (QED) is 0.0482. The summed E-state index contributed by atoms with van der Waals surface area (Å²) in [7, 11) is 0. The van der Waals surface area contributed by atoms with Crippen LogP contribution in [0, 0.1) is 0 Å². The zero-order valence-corrected chi connectivity index (χ0v) is 34.1. The summed E-state index contributed by atoms with van der Waals surface area (Å²) in [5.41, 5.74) is 4.86. The maximum absolute atomic E-state index is 9.81. The van der Waals surface area contributed by atoms with E-state index in [1.807, 2.05) is 30.3 Å². The first-order valence-electron chi connectivity index (χ1n) is 20.1. The summed E-state index contributed by atoms with van der Waals surface area (Å²) in [4.78, 5) is 24.5. The molecule has 4 aromatic rings. The van der Waals surface area contributed by atoms with E-state index in [0.29, 0.717) is 13.2 Å². The molecule has 1 N–H and O–H groups in total. The van der Waals surface area contributed by atoms with Crippen LogP contribution in [-0.4, -0.2) is 49.8 Å². The highest BCUT2D eigenvalue weighted by Crippen LogP contribution is 2.24. The van der Waals surface area contributed by atoms with E-state index >= 15 is 0 Å². The van der Waals surface area contributed by atoms with Crippen molar-refractivity contribution < 1.29 is 28.9 Å². The molecular weight excluding hydrogens is 689 g/mol. The first-order valence-corrected chi connectivity index (χ1v) is 20.1. The topological polar surface area (TPSA) is 88.5 Å². The zero-order valence-electron chi connectivity index (χ0n) is 34.1. The van der Waals surface area contributed by atoms with Crippen molar-refractivity contribution in [2.45, 2.75) is 106 Å². The van der Waals surface area contributed by atoms with Crippen LogP contribution in [0.4, 0.5) is 11.4 Å². The fraction of sp³-hybridized carbons (Fsp3) is 0.447. The normalized spacial score (nSPS) is 10.2. The van der Waals surface area contributed by atoms with Gasteiger partial charge in [-0.15, -0.1) is 0 Å². The maximum Gasteiger partial charge on any atom is 0.310 e. The van der Waals surface area contributed by atoms with Crippen molar-refractivity contribution in [1.29, 1.82) is 0 Å². The smallest absolute Gasteiger partial charge is 0.310 e. The van der Waals surface area contributed by atoms with Crippen LogP contribution in [0.1, 0.15) is 104 Å². The number of rotatable bonds is 22. The van der Waals surface area contributed by atoms with E-state index < -0.39 is 11.9 Å². The molecule has 0 bridgehead atoms. The molecule has 0 radical (unpaired) electrons. The molecule has 0 saturated heterocycles. The van der Waals surface area contributed by atoms with E-state index in [1.165, 1.54) is 81.3 Å². The van der Waals surface area contributed by atoms with Crippen LogP contribution < -0.4 is 19.3 Å². The molecule has 300 valence electrons. The monoisotopic (exact) mass is 754 g/mol. The average Bonchev–Trinajstić information content (AvgIpc) is 3.20. The molecule has 55 heavy (non-hydrogen) atoms. The van der Waals surface area contributed by atoms with Crippen LogP contribution in [0.25, 0.3) is 0 Å². The molecular formula is C47H66N2O6. The maximum atomic E-state index is 9.81. The molecule has 0 saturated carbocycles. The summed E-state index contributed by atoms with van der Waals surface area (Å²) in [6.07, 6.45) is 10.5. The minimum atomic E-state index is -0.562. The summed E-state index contributed by atoms with van der Waals surface area (Å²) < 4.78 is 15.9. The predicted molar refractivity (Wildman–Crippen MR) is 227 cm³/mol. The minimum Gasteiger partial charge on any atom is -0.489 e. The first kappa shape index (κ1) is 46.3. The molecule has 8 heteroatoms. The molecule has 0 aliphatic rings. The van der Waals surface area contributed by atoms with Crippen LogP contribution >= 0.6 is 0 Å². The first-order chi connectivity index (χ1) is 26.8. The van der Waals surface area contributed by atoms with Crippen molar-refractivity contribution in [2.24, 2.45) is 0 Å². The minimum absolute atomic E-state index is 0.266. The molecule has 4 rings (SSSR count). The highest BCUT2D eigenvalue weighted by atomic mass is 16.6. The second kappa shape index (κ2) is 29.5. The Morgan fingerprint density at radius 3 is 1.27 bits per heavy atom. The van der Waals surface area contributed by atoms with E-state index in [9.17, 15) is 9.59 Å². The third kappa shape index (κ3) is 21.6. The summed E-state index contributed by atoms with van der Waals surface area (Å²) >= 11 is 0. The van der Waals surface area contributed by atoms with E-state index in [1.54, 1.807) is 0 Å². The lowest BCUT2D eigenvalue weighted by Gasteiger charge is -2.25. The Morgan fingerprint density at radius 1 is 0.509 bits per heavy atom. The van der Waals surface area contributed by atoms with Gasteiger partial charge < -0.3 is 29.1 Å². The number of ether oxygens (including phenoxy) is 3. The second-order valence-corrected chi connectivity index (χ2v) is 13.4. The molecule has 0 aliphatic heterocycles. The SMILES string of the molecule is CC(=O)OC(C)=O.CCCCCN(CCCC)c1cccc(OCc2ccccc2)c1.CCCCN(CCCCO)c1cccc(OCc2ccccc2)c1. The van der Waals surface area contributed by atoms with Gasteiger partial charge in [-0.1, -0.05) is 119 Å². The highest BCUT2D eigenvalue weighted by molar-refractivity contribution is 5.82. The van der Waals surface area contributed by atoms with Gasteiger partial charge in [0.05, 0.1) is 0 Å². The van der Waals surface area contributed by atoms with Crippen molar-refractivity contribution in [1.82, 2.24) is 0 Å². The van der Waals surface area contributed by atoms with E-state index in [4.69, 9.17) is 14.6 Å². The number of nitrogens with zero attached hydrogens (tertiary/aromatic N) is 2. The summed E-state index contributed by atoms with van der Waals surface area (Å²) in [6.45, 7) is 14.8.